The van der Waals surface area contributed by atoms with Gasteiger partial charge in [-0.3, -0.25) is 0 Å². The topological polar surface area (TPSA) is 111 Å². The fraction of sp³-hybridized carbons (Fsp3) is 0.389. The summed E-state index contributed by atoms with van der Waals surface area (Å²) in [7, 11) is 0. The first-order valence-electron chi connectivity index (χ1n) is 9.08. The molecule has 2 aromatic heterocycles. The summed E-state index contributed by atoms with van der Waals surface area (Å²) in [5.41, 5.74) is 1.48. The summed E-state index contributed by atoms with van der Waals surface area (Å²) in [6, 6.07) is 7.17. The van der Waals surface area contributed by atoms with Crippen LogP contribution in [0.15, 0.2) is 41.1 Å². The number of urea groups is 1. The zero-order chi connectivity index (χ0) is 19.5. The van der Waals surface area contributed by atoms with Crippen molar-refractivity contribution in [3.05, 3.63) is 48.4 Å². The summed E-state index contributed by atoms with van der Waals surface area (Å²) in [6.07, 6.45) is 2.91. The van der Waals surface area contributed by atoms with Gasteiger partial charge in [-0.2, -0.15) is 0 Å². The quantitative estimate of drug-likeness (QED) is 0.736. The molecule has 146 valence electrons. The van der Waals surface area contributed by atoms with Crippen LogP contribution < -0.4 is 5.32 Å². The van der Waals surface area contributed by atoms with Crippen LogP contribution in [0.25, 0.3) is 5.69 Å². The van der Waals surface area contributed by atoms with Crippen LogP contribution in [-0.2, 0) is 4.74 Å². The lowest BCUT2D eigenvalue weighted by Gasteiger charge is -2.31. The van der Waals surface area contributed by atoms with E-state index in [1.54, 1.807) is 22.0 Å². The van der Waals surface area contributed by atoms with E-state index in [1.165, 1.54) is 0 Å². The predicted octanol–water partition coefficient (Wildman–Crippen LogP) is 2.38. The molecule has 4 rings (SSSR count). The largest absolute Gasteiger partial charge is 0.422 e. The van der Waals surface area contributed by atoms with Gasteiger partial charge in [0.05, 0.1) is 31.2 Å². The van der Waals surface area contributed by atoms with E-state index in [0.29, 0.717) is 37.2 Å². The molecule has 1 saturated heterocycles. The van der Waals surface area contributed by atoms with Gasteiger partial charge >= 0.3 is 6.03 Å². The van der Waals surface area contributed by atoms with Crippen molar-refractivity contribution < 1.29 is 13.9 Å². The van der Waals surface area contributed by atoms with E-state index < -0.39 is 6.10 Å². The van der Waals surface area contributed by atoms with Gasteiger partial charge in [0, 0.05) is 18.2 Å². The molecular formula is C18H21N7O3. The Morgan fingerprint density at radius 2 is 2.21 bits per heavy atom. The summed E-state index contributed by atoms with van der Waals surface area (Å²) in [4.78, 5) is 14.4. The van der Waals surface area contributed by atoms with Crippen molar-refractivity contribution in [1.29, 1.82) is 0 Å². The van der Waals surface area contributed by atoms with E-state index in [0.717, 1.165) is 5.69 Å². The van der Waals surface area contributed by atoms with Crippen LogP contribution in [0.3, 0.4) is 0 Å². The molecule has 0 spiro atoms. The monoisotopic (exact) mass is 383 g/mol. The maximum absolute atomic E-state index is 12.7. The van der Waals surface area contributed by atoms with E-state index in [1.807, 2.05) is 38.1 Å². The van der Waals surface area contributed by atoms with E-state index >= 15 is 0 Å². The van der Waals surface area contributed by atoms with Gasteiger partial charge in [0.25, 0.3) is 0 Å². The lowest BCUT2D eigenvalue weighted by Crippen LogP contribution is -2.44. The molecule has 1 aromatic carbocycles. The third-order valence-electron chi connectivity index (χ3n) is 4.36. The van der Waals surface area contributed by atoms with Gasteiger partial charge in [0.15, 0.2) is 6.10 Å². The molecule has 28 heavy (non-hydrogen) atoms. The third kappa shape index (κ3) is 3.86. The lowest BCUT2D eigenvalue weighted by molar-refractivity contribution is -0.0276. The minimum Gasteiger partial charge on any atom is -0.422 e. The Labute approximate surface area is 161 Å². The van der Waals surface area contributed by atoms with Crippen LogP contribution in [0, 0.1) is 0 Å². The SMILES string of the molecule is CC(C)c1nnc(C2CN(C(=O)Nc3cccc(-n4ccnn4)c3)CCO2)o1. The molecule has 10 heteroatoms. The number of amides is 2. The maximum Gasteiger partial charge on any atom is 0.322 e. The average Bonchev–Trinajstić information content (AvgIpc) is 3.40. The van der Waals surface area contributed by atoms with Crippen molar-refractivity contribution >= 4 is 11.7 Å². The molecule has 3 heterocycles. The highest BCUT2D eigenvalue weighted by molar-refractivity contribution is 5.89. The number of ether oxygens (including phenoxy) is 1. The van der Waals surface area contributed by atoms with Gasteiger partial charge in [-0.05, 0) is 18.2 Å². The maximum atomic E-state index is 12.7. The van der Waals surface area contributed by atoms with E-state index in [2.05, 4.69) is 25.8 Å². The first kappa shape index (κ1) is 18.1. The molecule has 0 radical (unpaired) electrons. The first-order chi connectivity index (χ1) is 13.6. The van der Waals surface area contributed by atoms with E-state index in [-0.39, 0.29) is 11.9 Å². The first-order valence-corrected chi connectivity index (χ1v) is 9.08. The van der Waals surface area contributed by atoms with Gasteiger partial charge < -0.3 is 19.4 Å². The molecule has 3 aromatic rings. The highest BCUT2D eigenvalue weighted by Crippen LogP contribution is 2.24. The Hall–Kier alpha value is -3.27. The summed E-state index contributed by atoms with van der Waals surface area (Å²) in [5.74, 6) is 1.10. The molecule has 10 nitrogen and oxygen atoms in total. The summed E-state index contributed by atoms with van der Waals surface area (Å²) in [6.45, 7) is 5.18. The number of aromatic nitrogens is 5. The summed E-state index contributed by atoms with van der Waals surface area (Å²) >= 11 is 0. The fourth-order valence-electron chi connectivity index (χ4n) is 2.87. The molecule has 0 saturated carbocycles. The van der Waals surface area contributed by atoms with Crippen LogP contribution in [0.1, 0.15) is 37.7 Å². The molecule has 0 bridgehead atoms. The van der Waals surface area contributed by atoms with Crippen molar-refractivity contribution in [2.75, 3.05) is 25.0 Å². The van der Waals surface area contributed by atoms with Crippen molar-refractivity contribution in [3.8, 4) is 5.69 Å². The highest BCUT2D eigenvalue weighted by atomic mass is 16.5. The number of rotatable bonds is 4. The van der Waals surface area contributed by atoms with Crippen LogP contribution in [0.4, 0.5) is 10.5 Å². The fourth-order valence-corrected chi connectivity index (χ4v) is 2.87. The molecular weight excluding hydrogens is 362 g/mol. The minimum atomic E-state index is -0.430. The van der Waals surface area contributed by atoms with E-state index in [4.69, 9.17) is 9.15 Å². The van der Waals surface area contributed by atoms with Crippen LogP contribution in [0.2, 0.25) is 0 Å². The number of benzene rings is 1. The number of nitrogens with zero attached hydrogens (tertiary/aromatic N) is 6. The van der Waals surface area contributed by atoms with Crippen molar-refractivity contribution in [1.82, 2.24) is 30.1 Å². The molecule has 0 aliphatic carbocycles. The Balaban J connectivity index is 1.42. The van der Waals surface area contributed by atoms with E-state index in [9.17, 15) is 4.79 Å². The molecule has 1 atom stereocenters. The Morgan fingerprint density at radius 1 is 1.32 bits per heavy atom. The zero-order valence-electron chi connectivity index (χ0n) is 15.6. The molecule has 1 aliphatic heterocycles. The number of hydrogen-bond acceptors (Lipinski definition) is 7. The van der Waals surface area contributed by atoms with Gasteiger partial charge in [-0.1, -0.05) is 25.1 Å². The number of hydrogen-bond donors (Lipinski definition) is 1. The number of carbonyl (C=O) groups is 1. The van der Waals surface area contributed by atoms with Crippen LogP contribution in [-0.4, -0.2) is 55.8 Å². The zero-order valence-corrected chi connectivity index (χ0v) is 15.6. The number of morpholine rings is 1. The van der Waals surface area contributed by atoms with Gasteiger partial charge in [0.1, 0.15) is 0 Å². The Morgan fingerprint density at radius 3 is 2.96 bits per heavy atom. The summed E-state index contributed by atoms with van der Waals surface area (Å²) in [5, 5.41) is 18.8. The molecule has 1 unspecified atom stereocenters. The van der Waals surface area contributed by atoms with Crippen molar-refractivity contribution in [2.24, 2.45) is 0 Å². The number of carbonyl (C=O) groups excluding carboxylic acids is 1. The van der Waals surface area contributed by atoms with Gasteiger partial charge in [0.2, 0.25) is 11.8 Å². The standard InChI is InChI=1S/C18H21N7O3/c1-12(2)16-21-22-17(28-16)15-11-24(8-9-27-15)18(26)20-13-4-3-5-14(10-13)25-7-6-19-23-25/h3-7,10,12,15H,8-9,11H2,1-2H3,(H,20,26). The second kappa shape index (κ2) is 7.77. The predicted molar refractivity (Wildman–Crippen MR) is 99.0 cm³/mol. The molecule has 1 N–H and O–H groups in total. The van der Waals surface area contributed by atoms with Crippen molar-refractivity contribution in [3.63, 3.8) is 0 Å². The molecule has 2 amide bonds. The minimum absolute atomic E-state index is 0.140. The van der Waals surface area contributed by atoms with Crippen LogP contribution in [0.5, 0.6) is 0 Å². The second-order valence-corrected chi connectivity index (χ2v) is 6.77. The lowest BCUT2D eigenvalue weighted by atomic mass is 10.2. The molecule has 1 aliphatic rings. The Bertz CT molecular complexity index is 938. The third-order valence-corrected chi connectivity index (χ3v) is 4.36. The number of anilines is 1. The second-order valence-electron chi connectivity index (χ2n) is 6.77. The van der Waals surface area contributed by atoms with Gasteiger partial charge in [-0.25, -0.2) is 9.48 Å². The van der Waals surface area contributed by atoms with Crippen molar-refractivity contribution in [2.45, 2.75) is 25.9 Å². The average molecular weight is 383 g/mol. The Kier molecular flexibility index (Phi) is 5.02. The summed E-state index contributed by atoms with van der Waals surface area (Å²) < 4.78 is 13.0. The van der Waals surface area contributed by atoms with Gasteiger partial charge in [-0.15, -0.1) is 15.3 Å². The normalized spacial score (nSPS) is 17.1. The number of nitrogens with one attached hydrogen (secondary N) is 1. The van der Waals surface area contributed by atoms with Crippen LogP contribution >= 0.6 is 0 Å². The molecule has 1 fully saturated rings. The smallest absolute Gasteiger partial charge is 0.322 e. The highest BCUT2D eigenvalue weighted by Gasteiger charge is 2.29.